The van der Waals surface area contributed by atoms with Crippen LogP contribution in [0.3, 0.4) is 0 Å². The summed E-state index contributed by atoms with van der Waals surface area (Å²) in [6.07, 6.45) is -0.807. The van der Waals surface area contributed by atoms with Crippen molar-refractivity contribution in [1.29, 1.82) is 0 Å². The van der Waals surface area contributed by atoms with Gasteiger partial charge < -0.3 is 10.1 Å². The van der Waals surface area contributed by atoms with E-state index in [2.05, 4.69) is 5.32 Å². The summed E-state index contributed by atoms with van der Waals surface area (Å²) in [6.45, 7) is 1.56. The third kappa shape index (κ3) is 4.26. The minimum Gasteiger partial charge on any atom is -0.481 e. The molecule has 2 aromatic carbocycles. The lowest BCUT2D eigenvalue weighted by atomic mass is 10.3. The van der Waals surface area contributed by atoms with E-state index in [9.17, 15) is 9.18 Å². The SMILES string of the molecule is C[C@@H](Oc1ccc(Cl)c(Cl)c1)C(=O)Nc1ccc(F)cc1Cl. The van der Waals surface area contributed by atoms with E-state index in [1.165, 1.54) is 18.2 Å². The molecule has 0 aliphatic heterocycles. The zero-order chi connectivity index (χ0) is 16.3. The van der Waals surface area contributed by atoms with Gasteiger partial charge in [-0.1, -0.05) is 34.8 Å². The number of hydrogen-bond acceptors (Lipinski definition) is 2. The molecule has 3 nitrogen and oxygen atoms in total. The zero-order valence-electron chi connectivity index (χ0n) is 11.4. The number of amides is 1. The summed E-state index contributed by atoms with van der Waals surface area (Å²) in [4.78, 5) is 12.1. The third-order valence-electron chi connectivity index (χ3n) is 2.76. The highest BCUT2D eigenvalue weighted by Gasteiger charge is 2.16. The summed E-state index contributed by atoms with van der Waals surface area (Å²) in [7, 11) is 0. The number of rotatable bonds is 4. The Bertz CT molecular complexity index is 709. The van der Waals surface area contributed by atoms with Gasteiger partial charge in [0.2, 0.25) is 0 Å². The summed E-state index contributed by atoms with van der Waals surface area (Å²) in [5, 5.41) is 3.39. The molecule has 0 aliphatic carbocycles. The summed E-state index contributed by atoms with van der Waals surface area (Å²) < 4.78 is 18.4. The summed E-state index contributed by atoms with van der Waals surface area (Å²) in [5.74, 6) is -0.509. The molecule has 0 radical (unpaired) electrons. The van der Waals surface area contributed by atoms with Gasteiger partial charge in [0.25, 0.3) is 5.91 Å². The molecule has 0 unspecified atom stereocenters. The quantitative estimate of drug-likeness (QED) is 0.812. The smallest absolute Gasteiger partial charge is 0.265 e. The first-order chi connectivity index (χ1) is 10.4. The van der Waals surface area contributed by atoms with E-state index < -0.39 is 17.8 Å². The minimum absolute atomic E-state index is 0.107. The van der Waals surface area contributed by atoms with Crippen LogP contribution in [0.1, 0.15) is 6.92 Å². The first-order valence-electron chi connectivity index (χ1n) is 6.24. The predicted molar refractivity (Wildman–Crippen MR) is 86.6 cm³/mol. The number of anilines is 1. The van der Waals surface area contributed by atoms with Gasteiger partial charge >= 0.3 is 0 Å². The highest BCUT2D eigenvalue weighted by atomic mass is 35.5. The second kappa shape index (κ2) is 7.18. The van der Waals surface area contributed by atoms with Crippen LogP contribution in [-0.2, 0) is 4.79 Å². The van der Waals surface area contributed by atoms with Crippen molar-refractivity contribution in [2.45, 2.75) is 13.0 Å². The standard InChI is InChI=1S/C15H11Cl3FNO2/c1-8(22-10-3-4-11(16)12(17)7-10)15(21)20-14-5-2-9(19)6-13(14)18/h2-8H,1H3,(H,20,21)/t8-/m1/s1. The predicted octanol–water partition coefficient (Wildman–Crippen LogP) is 5.19. The van der Waals surface area contributed by atoms with E-state index in [4.69, 9.17) is 39.5 Å². The van der Waals surface area contributed by atoms with Crippen LogP contribution >= 0.6 is 34.8 Å². The fourth-order valence-corrected chi connectivity index (χ4v) is 2.14. The molecule has 2 rings (SSSR count). The highest BCUT2D eigenvalue weighted by molar-refractivity contribution is 6.42. The maximum atomic E-state index is 13.0. The van der Waals surface area contributed by atoms with Crippen LogP contribution < -0.4 is 10.1 Å². The number of carbonyl (C=O) groups is 1. The first-order valence-corrected chi connectivity index (χ1v) is 7.38. The molecule has 7 heteroatoms. The van der Waals surface area contributed by atoms with Gasteiger partial charge in [-0.3, -0.25) is 4.79 Å². The Kier molecular flexibility index (Phi) is 5.51. The average Bonchev–Trinajstić information content (AvgIpc) is 2.45. The van der Waals surface area contributed by atoms with Crippen molar-refractivity contribution >= 4 is 46.4 Å². The molecule has 0 aliphatic rings. The lowest BCUT2D eigenvalue weighted by Gasteiger charge is -2.15. The summed E-state index contributed by atoms with van der Waals surface area (Å²) in [6, 6.07) is 8.37. The molecule has 1 N–H and O–H groups in total. The molecular formula is C15H11Cl3FNO2. The molecular weight excluding hydrogens is 352 g/mol. The van der Waals surface area contributed by atoms with Crippen molar-refractivity contribution in [3.05, 3.63) is 57.3 Å². The van der Waals surface area contributed by atoms with Gasteiger partial charge in [-0.15, -0.1) is 0 Å². The Hall–Kier alpha value is -1.49. The Labute approximate surface area is 141 Å². The first kappa shape index (κ1) is 16.9. The molecule has 0 spiro atoms. The van der Waals surface area contributed by atoms with E-state index in [0.717, 1.165) is 6.07 Å². The monoisotopic (exact) mass is 361 g/mol. The third-order valence-corrected chi connectivity index (χ3v) is 3.81. The Morgan fingerprint density at radius 3 is 2.45 bits per heavy atom. The van der Waals surface area contributed by atoms with Gasteiger partial charge in [-0.05, 0) is 37.3 Å². The molecule has 0 saturated carbocycles. The molecule has 22 heavy (non-hydrogen) atoms. The van der Waals surface area contributed by atoms with Crippen LogP contribution in [0.4, 0.5) is 10.1 Å². The number of carbonyl (C=O) groups excluding carboxylic acids is 1. The normalized spacial score (nSPS) is 11.9. The Morgan fingerprint density at radius 1 is 1.09 bits per heavy atom. The number of benzene rings is 2. The van der Waals surface area contributed by atoms with E-state index in [0.29, 0.717) is 21.5 Å². The fraction of sp³-hybridized carbons (Fsp3) is 0.133. The topological polar surface area (TPSA) is 38.3 Å². The molecule has 116 valence electrons. The highest BCUT2D eigenvalue weighted by Crippen LogP contribution is 2.27. The molecule has 0 saturated heterocycles. The Morgan fingerprint density at radius 2 is 1.82 bits per heavy atom. The van der Waals surface area contributed by atoms with Crippen molar-refractivity contribution in [2.24, 2.45) is 0 Å². The van der Waals surface area contributed by atoms with Crippen LogP contribution in [0.25, 0.3) is 0 Å². The van der Waals surface area contributed by atoms with Crippen LogP contribution in [0.2, 0.25) is 15.1 Å². The van der Waals surface area contributed by atoms with Gasteiger partial charge in [-0.2, -0.15) is 0 Å². The lowest BCUT2D eigenvalue weighted by molar-refractivity contribution is -0.122. The molecule has 2 aromatic rings. The Balaban J connectivity index is 2.04. The van der Waals surface area contributed by atoms with Crippen molar-refractivity contribution in [2.75, 3.05) is 5.32 Å². The van der Waals surface area contributed by atoms with E-state index in [-0.39, 0.29) is 5.02 Å². The van der Waals surface area contributed by atoms with Crippen molar-refractivity contribution < 1.29 is 13.9 Å². The molecule has 0 aromatic heterocycles. The van der Waals surface area contributed by atoms with E-state index in [1.807, 2.05) is 0 Å². The van der Waals surface area contributed by atoms with Gasteiger partial charge in [0, 0.05) is 6.07 Å². The van der Waals surface area contributed by atoms with Crippen LogP contribution in [-0.4, -0.2) is 12.0 Å². The van der Waals surface area contributed by atoms with E-state index >= 15 is 0 Å². The molecule has 1 amide bonds. The average molecular weight is 363 g/mol. The maximum Gasteiger partial charge on any atom is 0.265 e. The van der Waals surface area contributed by atoms with Crippen LogP contribution in [0.15, 0.2) is 36.4 Å². The van der Waals surface area contributed by atoms with Gasteiger partial charge in [-0.25, -0.2) is 4.39 Å². The second-order valence-corrected chi connectivity index (χ2v) is 5.67. The van der Waals surface area contributed by atoms with Crippen LogP contribution in [0, 0.1) is 5.82 Å². The van der Waals surface area contributed by atoms with Crippen molar-refractivity contribution in [1.82, 2.24) is 0 Å². The zero-order valence-corrected chi connectivity index (χ0v) is 13.6. The molecule has 0 fully saturated rings. The number of hydrogen-bond donors (Lipinski definition) is 1. The largest absolute Gasteiger partial charge is 0.481 e. The number of nitrogens with one attached hydrogen (secondary N) is 1. The second-order valence-electron chi connectivity index (χ2n) is 4.45. The molecule has 0 heterocycles. The van der Waals surface area contributed by atoms with E-state index in [1.54, 1.807) is 19.1 Å². The van der Waals surface area contributed by atoms with Crippen molar-refractivity contribution in [3.63, 3.8) is 0 Å². The maximum absolute atomic E-state index is 13.0. The molecule has 1 atom stereocenters. The lowest BCUT2D eigenvalue weighted by Crippen LogP contribution is -2.30. The van der Waals surface area contributed by atoms with Gasteiger partial charge in [0.1, 0.15) is 11.6 Å². The van der Waals surface area contributed by atoms with Crippen molar-refractivity contribution in [3.8, 4) is 5.75 Å². The number of halogens is 4. The van der Waals surface area contributed by atoms with Crippen LogP contribution in [0.5, 0.6) is 5.75 Å². The number of ether oxygens (including phenoxy) is 1. The molecule has 0 bridgehead atoms. The summed E-state index contributed by atoms with van der Waals surface area (Å²) >= 11 is 17.5. The van der Waals surface area contributed by atoms with Gasteiger partial charge in [0.05, 0.1) is 20.8 Å². The van der Waals surface area contributed by atoms with Gasteiger partial charge in [0.15, 0.2) is 6.10 Å². The fourth-order valence-electron chi connectivity index (χ4n) is 1.63. The summed E-state index contributed by atoms with van der Waals surface area (Å²) in [5.41, 5.74) is 0.303. The minimum atomic E-state index is -0.807.